The molecule has 0 fully saturated rings. The molecule has 1 aromatic heterocycles. The predicted molar refractivity (Wildman–Crippen MR) is 213 cm³/mol. The number of para-hydroxylation sites is 2. The zero-order chi connectivity index (χ0) is 39.4. The fourth-order valence-electron chi connectivity index (χ4n) is 6.23. The van der Waals surface area contributed by atoms with Crippen LogP contribution >= 0.6 is 0 Å². The highest BCUT2D eigenvalue weighted by atomic mass is 32.2. The lowest BCUT2D eigenvalue weighted by Crippen LogP contribution is -2.49. The van der Waals surface area contributed by atoms with Crippen LogP contribution in [0, 0.1) is 13.8 Å². The van der Waals surface area contributed by atoms with E-state index in [0.717, 1.165) is 32.2 Å². The molecule has 0 spiro atoms. The highest BCUT2D eigenvalue weighted by Crippen LogP contribution is 2.26. The molecular weight excluding hydrogens is 735 g/mol. The molecule has 0 aliphatic heterocycles. The van der Waals surface area contributed by atoms with Gasteiger partial charge in [-0.1, -0.05) is 108 Å². The average Bonchev–Trinajstić information content (AvgIpc) is 3.44. The van der Waals surface area contributed by atoms with Gasteiger partial charge in [-0.05, 0) is 88.6 Å². The maximum atomic E-state index is 14.5. The molecule has 6 rings (SSSR count). The van der Waals surface area contributed by atoms with Gasteiger partial charge in [-0.2, -0.15) is 0 Å². The Kier molecular flexibility index (Phi) is 11.6. The molecule has 1 amide bonds. The smallest absolute Gasteiger partial charge is 0.437 e. The molecule has 1 N–H and O–H groups in total. The highest BCUT2D eigenvalue weighted by molar-refractivity contribution is 7.92. The number of aryl methyl sites for hydroxylation is 2. The minimum Gasteiger partial charge on any atom is -0.442 e. The van der Waals surface area contributed by atoms with Gasteiger partial charge in [0.2, 0.25) is 5.62 Å². The molecule has 0 aliphatic carbocycles. The number of rotatable bonds is 12. The Hall–Kier alpha value is -5.34. The zero-order valence-electron chi connectivity index (χ0n) is 31.5. The summed E-state index contributed by atoms with van der Waals surface area (Å²) in [5.41, 5.74) is 4.65. The van der Waals surface area contributed by atoms with Gasteiger partial charge in [0.05, 0.1) is 40.0 Å². The molecule has 1 atom stereocenters. The van der Waals surface area contributed by atoms with Crippen LogP contribution in [0.2, 0.25) is 0 Å². The maximum Gasteiger partial charge on any atom is 0.437 e. The van der Waals surface area contributed by atoms with E-state index in [-0.39, 0.29) is 21.8 Å². The summed E-state index contributed by atoms with van der Waals surface area (Å²) in [5, 5.41) is 0. The SMILES string of the molecule is Cc1ccc(CC(CN(NS(=O)(=O)c2ccccc2)S(=O)(=O)c2ccccc2)n2c(=NC(=O)OC(C)(C)C)n(Cc3ccc(C)cc3)c3ccccc32)cc1. The number of hydrogen-bond acceptors (Lipinski definition) is 6. The normalized spacial score (nSPS) is 13.3. The van der Waals surface area contributed by atoms with Crippen LogP contribution in [0.4, 0.5) is 4.79 Å². The Bertz CT molecular complexity index is 2560. The summed E-state index contributed by atoms with van der Waals surface area (Å²) in [6.45, 7) is 9.16. The Balaban J connectivity index is 1.61. The molecule has 1 unspecified atom stereocenters. The van der Waals surface area contributed by atoms with Gasteiger partial charge < -0.3 is 13.9 Å². The van der Waals surface area contributed by atoms with Gasteiger partial charge in [0, 0.05) is 0 Å². The van der Waals surface area contributed by atoms with Crippen molar-refractivity contribution in [3.63, 3.8) is 0 Å². The minimum absolute atomic E-state index is 0.106. The van der Waals surface area contributed by atoms with Crippen LogP contribution in [0.25, 0.3) is 11.0 Å². The number of sulfonamides is 2. The van der Waals surface area contributed by atoms with Gasteiger partial charge in [-0.3, -0.25) is 0 Å². The summed E-state index contributed by atoms with van der Waals surface area (Å²) in [5.74, 6) is 0. The van der Waals surface area contributed by atoms with Crippen LogP contribution in [0.1, 0.15) is 49.1 Å². The largest absolute Gasteiger partial charge is 0.442 e. The average molecular weight is 780 g/mol. The van der Waals surface area contributed by atoms with E-state index in [4.69, 9.17) is 4.74 Å². The Morgan fingerprint density at radius 2 is 1.22 bits per heavy atom. The van der Waals surface area contributed by atoms with Crippen molar-refractivity contribution in [2.45, 2.75) is 69.0 Å². The molecular formula is C42H45N5O6S2. The molecule has 286 valence electrons. The number of fused-ring (bicyclic) bond motifs is 1. The number of carbonyl (C=O) groups is 1. The van der Waals surface area contributed by atoms with Crippen LogP contribution in [-0.2, 0) is 37.7 Å². The van der Waals surface area contributed by atoms with Gasteiger partial charge in [-0.15, -0.1) is 14.2 Å². The van der Waals surface area contributed by atoms with Crippen LogP contribution in [-0.4, -0.2) is 48.6 Å². The van der Waals surface area contributed by atoms with E-state index in [1.807, 2.05) is 95.8 Å². The summed E-state index contributed by atoms with van der Waals surface area (Å²) in [4.78, 5) is 20.4. The van der Waals surface area contributed by atoms with Crippen molar-refractivity contribution in [1.82, 2.24) is 18.4 Å². The van der Waals surface area contributed by atoms with Crippen molar-refractivity contribution in [3.8, 4) is 0 Å². The molecule has 13 heteroatoms. The highest BCUT2D eigenvalue weighted by Gasteiger charge is 2.34. The van der Waals surface area contributed by atoms with Crippen molar-refractivity contribution < 1.29 is 26.4 Å². The molecule has 0 saturated carbocycles. The number of aromatic nitrogens is 2. The van der Waals surface area contributed by atoms with Gasteiger partial charge in [0.25, 0.3) is 20.0 Å². The number of carbonyl (C=O) groups excluding carboxylic acids is 1. The molecule has 11 nitrogen and oxygen atoms in total. The topological polar surface area (TPSA) is 132 Å². The summed E-state index contributed by atoms with van der Waals surface area (Å²) in [6.07, 6.45) is -0.601. The van der Waals surface area contributed by atoms with E-state index >= 15 is 0 Å². The third-order valence-electron chi connectivity index (χ3n) is 8.88. The molecule has 0 aliphatic rings. The molecule has 55 heavy (non-hydrogen) atoms. The molecule has 6 aromatic rings. The summed E-state index contributed by atoms with van der Waals surface area (Å²) >= 11 is 0. The number of amides is 1. The quantitative estimate of drug-likeness (QED) is 0.130. The number of benzene rings is 5. The molecule has 0 saturated heterocycles. The van der Waals surface area contributed by atoms with Crippen molar-refractivity contribution in [3.05, 3.63) is 161 Å². The van der Waals surface area contributed by atoms with E-state index in [1.54, 1.807) is 57.2 Å². The first-order valence-electron chi connectivity index (χ1n) is 17.8. The molecule has 0 radical (unpaired) electrons. The van der Waals surface area contributed by atoms with Crippen LogP contribution in [0.3, 0.4) is 0 Å². The first-order chi connectivity index (χ1) is 26.1. The fraction of sp³-hybridized carbons (Fsp3) is 0.238. The zero-order valence-corrected chi connectivity index (χ0v) is 33.1. The van der Waals surface area contributed by atoms with E-state index in [1.165, 1.54) is 24.3 Å². The van der Waals surface area contributed by atoms with Gasteiger partial charge >= 0.3 is 6.09 Å². The summed E-state index contributed by atoms with van der Waals surface area (Å²) in [7, 11) is -8.91. The van der Waals surface area contributed by atoms with Crippen molar-refractivity contribution >= 4 is 37.2 Å². The molecule has 0 bridgehead atoms. The monoisotopic (exact) mass is 779 g/mol. The van der Waals surface area contributed by atoms with Crippen LogP contribution in [0.15, 0.2) is 148 Å². The van der Waals surface area contributed by atoms with Crippen molar-refractivity contribution in [2.75, 3.05) is 6.54 Å². The second-order valence-electron chi connectivity index (χ2n) is 14.4. The van der Waals surface area contributed by atoms with Gasteiger partial charge in [0.15, 0.2) is 0 Å². The second-order valence-corrected chi connectivity index (χ2v) is 17.9. The Labute approximate surface area is 322 Å². The lowest BCUT2D eigenvalue weighted by Gasteiger charge is -2.29. The lowest BCUT2D eigenvalue weighted by molar-refractivity contribution is 0.0593. The molecule has 5 aromatic carbocycles. The van der Waals surface area contributed by atoms with Crippen molar-refractivity contribution in [2.24, 2.45) is 4.99 Å². The summed E-state index contributed by atoms with van der Waals surface area (Å²) < 4.78 is 67.1. The number of imidazole rings is 1. The third-order valence-corrected chi connectivity index (χ3v) is 12.0. The number of nitrogens with one attached hydrogen (secondary N) is 1. The first-order valence-corrected chi connectivity index (χ1v) is 20.8. The molecule has 1 heterocycles. The number of hydrazine groups is 1. The minimum atomic E-state index is -4.50. The van der Waals surface area contributed by atoms with Crippen LogP contribution < -0.4 is 10.4 Å². The van der Waals surface area contributed by atoms with Gasteiger partial charge in [0.1, 0.15) is 5.60 Å². The predicted octanol–water partition coefficient (Wildman–Crippen LogP) is 7.31. The number of ether oxygens (including phenoxy) is 1. The van der Waals surface area contributed by atoms with Gasteiger partial charge in [-0.25, -0.2) is 21.6 Å². The first kappa shape index (κ1) is 39.4. The lowest BCUT2D eigenvalue weighted by atomic mass is 10.0. The third kappa shape index (κ3) is 9.49. The Morgan fingerprint density at radius 3 is 1.78 bits per heavy atom. The van der Waals surface area contributed by atoms with E-state index < -0.39 is 44.3 Å². The summed E-state index contributed by atoms with van der Waals surface area (Å²) in [6, 6.07) is 37.8. The fourth-order valence-corrected chi connectivity index (χ4v) is 9.00. The Morgan fingerprint density at radius 1 is 0.709 bits per heavy atom. The maximum absolute atomic E-state index is 14.5. The van der Waals surface area contributed by atoms with Crippen molar-refractivity contribution in [1.29, 1.82) is 0 Å². The van der Waals surface area contributed by atoms with Crippen LogP contribution in [0.5, 0.6) is 0 Å². The van der Waals surface area contributed by atoms with E-state index in [0.29, 0.717) is 12.1 Å². The number of nitrogens with zero attached hydrogens (tertiary/aromatic N) is 4. The number of hydrogen-bond donors (Lipinski definition) is 1. The standard InChI is InChI=1S/C42H45N5O6S2/c1-31-20-24-33(25-21-31)28-35(30-46(55(51,52)37-16-10-7-11-17-37)44-54(49,50)36-14-8-6-9-15-36)47-39-19-13-12-18-38(39)45(29-34-26-22-32(2)23-27-34)40(47)43-41(48)53-42(3,4)5/h6-27,35,44H,28-30H2,1-5H3. The van der Waals surface area contributed by atoms with E-state index in [9.17, 15) is 21.6 Å². The second kappa shape index (κ2) is 16.2. The van der Waals surface area contributed by atoms with E-state index in [2.05, 4.69) is 9.82 Å².